The van der Waals surface area contributed by atoms with Crippen LogP contribution in [0.15, 0.2) is 46.0 Å². The monoisotopic (exact) mass is 382 g/mol. The molecular formula is C16H18N2O5S2. The minimum absolute atomic E-state index is 0.0852. The van der Waals surface area contributed by atoms with Gasteiger partial charge in [0.05, 0.1) is 12.8 Å². The highest BCUT2D eigenvalue weighted by Gasteiger charge is 2.15. The summed E-state index contributed by atoms with van der Waals surface area (Å²) >= 11 is 1.13. The van der Waals surface area contributed by atoms with E-state index in [1.807, 2.05) is 0 Å². The molecule has 1 amide bonds. The van der Waals surface area contributed by atoms with Crippen LogP contribution in [-0.2, 0) is 26.0 Å². The molecule has 0 spiro atoms. The van der Waals surface area contributed by atoms with E-state index in [0.29, 0.717) is 11.3 Å². The Kier molecular flexibility index (Phi) is 6.16. The number of rotatable bonds is 8. The summed E-state index contributed by atoms with van der Waals surface area (Å²) < 4.78 is 26.9. The van der Waals surface area contributed by atoms with Gasteiger partial charge in [-0.3, -0.25) is 14.3 Å². The smallest absolute Gasteiger partial charge is 0.305 e. The molecule has 1 unspecified atom stereocenters. The van der Waals surface area contributed by atoms with Crippen molar-refractivity contribution in [3.05, 3.63) is 47.3 Å². The summed E-state index contributed by atoms with van der Waals surface area (Å²) in [7, 11) is -3.60. The summed E-state index contributed by atoms with van der Waals surface area (Å²) in [5.74, 6) is -1.27. The molecule has 25 heavy (non-hydrogen) atoms. The Balaban J connectivity index is 1.94. The standard InChI is InChI=1S/C16H18N2O5S2/c1-11(9-15(20)21)17-14(19)10-12-4-6-13(7-5-12)18-25(22,23)16-3-2-8-24-16/h2-8,11,18H,9-10H2,1H3,(H,17,19)(H,20,21). The van der Waals surface area contributed by atoms with Crippen molar-refractivity contribution in [2.45, 2.75) is 30.0 Å². The largest absolute Gasteiger partial charge is 0.481 e. The second kappa shape index (κ2) is 8.13. The number of anilines is 1. The normalized spacial score (nSPS) is 12.4. The Hall–Kier alpha value is -2.39. The zero-order chi connectivity index (χ0) is 18.4. The Labute approximate surface area is 149 Å². The fraction of sp³-hybridized carbons (Fsp3) is 0.250. The summed E-state index contributed by atoms with van der Waals surface area (Å²) in [4.78, 5) is 22.4. The van der Waals surface area contributed by atoms with Gasteiger partial charge in [-0.2, -0.15) is 0 Å². The lowest BCUT2D eigenvalue weighted by atomic mass is 10.1. The SMILES string of the molecule is CC(CC(=O)O)NC(=O)Cc1ccc(NS(=O)(=O)c2cccs2)cc1. The number of thiophene rings is 1. The van der Waals surface area contributed by atoms with E-state index in [2.05, 4.69) is 10.0 Å². The summed E-state index contributed by atoms with van der Waals surface area (Å²) in [5, 5.41) is 13.0. The molecule has 0 radical (unpaired) electrons. The zero-order valence-electron chi connectivity index (χ0n) is 13.4. The number of hydrogen-bond donors (Lipinski definition) is 3. The average molecular weight is 382 g/mol. The number of hydrogen-bond acceptors (Lipinski definition) is 5. The van der Waals surface area contributed by atoms with Crippen LogP contribution in [0.25, 0.3) is 0 Å². The molecule has 3 N–H and O–H groups in total. The number of carboxylic acids is 1. The number of aliphatic carboxylic acids is 1. The molecule has 2 rings (SSSR count). The van der Waals surface area contributed by atoms with Crippen LogP contribution in [0.4, 0.5) is 5.69 Å². The molecule has 0 aliphatic rings. The topological polar surface area (TPSA) is 113 Å². The third-order valence-corrected chi connectivity index (χ3v) is 6.00. The fourth-order valence-corrected chi connectivity index (χ4v) is 4.19. The van der Waals surface area contributed by atoms with Crippen molar-refractivity contribution in [2.24, 2.45) is 0 Å². The maximum atomic E-state index is 12.1. The van der Waals surface area contributed by atoms with Crippen molar-refractivity contribution in [3.63, 3.8) is 0 Å². The van der Waals surface area contributed by atoms with Crippen LogP contribution >= 0.6 is 11.3 Å². The molecule has 1 aromatic carbocycles. The van der Waals surface area contributed by atoms with Gasteiger partial charge in [0.1, 0.15) is 4.21 Å². The van der Waals surface area contributed by atoms with Gasteiger partial charge >= 0.3 is 5.97 Å². The van der Waals surface area contributed by atoms with Gasteiger partial charge in [-0.1, -0.05) is 18.2 Å². The minimum atomic E-state index is -3.60. The third-order valence-electron chi connectivity index (χ3n) is 3.22. The summed E-state index contributed by atoms with van der Waals surface area (Å²) in [6.45, 7) is 1.62. The zero-order valence-corrected chi connectivity index (χ0v) is 15.1. The lowest BCUT2D eigenvalue weighted by Crippen LogP contribution is -2.35. The predicted octanol–water partition coefficient (Wildman–Crippen LogP) is 2.07. The predicted molar refractivity (Wildman–Crippen MR) is 95.1 cm³/mol. The number of carbonyl (C=O) groups is 2. The van der Waals surface area contributed by atoms with Gasteiger partial charge in [0.15, 0.2) is 0 Å². The van der Waals surface area contributed by atoms with Crippen molar-refractivity contribution < 1.29 is 23.1 Å². The summed E-state index contributed by atoms with van der Waals surface area (Å²) in [6, 6.07) is 9.17. The van der Waals surface area contributed by atoms with Gasteiger partial charge < -0.3 is 10.4 Å². The van der Waals surface area contributed by atoms with E-state index in [-0.39, 0.29) is 23.0 Å². The first-order valence-electron chi connectivity index (χ1n) is 7.42. The molecule has 0 aliphatic carbocycles. The van der Waals surface area contributed by atoms with Gasteiger partial charge in [-0.25, -0.2) is 8.42 Å². The molecule has 7 nitrogen and oxygen atoms in total. The number of nitrogens with one attached hydrogen (secondary N) is 2. The fourth-order valence-electron chi connectivity index (χ4n) is 2.14. The van der Waals surface area contributed by atoms with Gasteiger partial charge in [0.25, 0.3) is 10.0 Å². The summed E-state index contributed by atoms with van der Waals surface area (Å²) in [5.41, 5.74) is 1.09. The number of carboxylic acid groups (broad SMARTS) is 1. The molecule has 0 bridgehead atoms. The molecule has 0 fully saturated rings. The van der Waals surface area contributed by atoms with Gasteiger partial charge in [0.2, 0.25) is 5.91 Å². The third kappa shape index (κ3) is 5.87. The molecule has 0 saturated heterocycles. The van der Waals surface area contributed by atoms with E-state index in [4.69, 9.17) is 5.11 Å². The highest BCUT2D eigenvalue weighted by atomic mass is 32.2. The van der Waals surface area contributed by atoms with Crippen LogP contribution in [0.3, 0.4) is 0 Å². The first-order valence-corrected chi connectivity index (χ1v) is 9.79. The lowest BCUT2D eigenvalue weighted by Gasteiger charge is -2.12. The van der Waals surface area contributed by atoms with Crippen molar-refractivity contribution in [2.75, 3.05) is 4.72 Å². The van der Waals surface area contributed by atoms with E-state index < -0.39 is 22.0 Å². The number of carbonyl (C=O) groups excluding carboxylic acids is 1. The second-order valence-corrected chi connectivity index (χ2v) is 8.33. The van der Waals surface area contributed by atoms with E-state index in [1.54, 1.807) is 42.6 Å². The van der Waals surface area contributed by atoms with Gasteiger partial charge in [-0.05, 0) is 36.1 Å². The first-order chi connectivity index (χ1) is 11.8. The maximum Gasteiger partial charge on any atom is 0.305 e. The quantitative estimate of drug-likeness (QED) is 0.647. The molecule has 1 heterocycles. The molecule has 1 atom stereocenters. The highest BCUT2D eigenvalue weighted by molar-refractivity contribution is 7.94. The van der Waals surface area contributed by atoms with Crippen molar-refractivity contribution in [1.82, 2.24) is 5.32 Å². The van der Waals surface area contributed by atoms with Crippen LogP contribution < -0.4 is 10.0 Å². The molecule has 0 saturated carbocycles. The minimum Gasteiger partial charge on any atom is -0.481 e. The Bertz CT molecular complexity index is 830. The average Bonchev–Trinajstić information content (AvgIpc) is 3.03. The Morgan fingerprint density at radius 2 is 1.88 bits per heavy atom. The maximum absolute atomic E-state index is 12.1. The number of sulfonamides is 1. The van der Waals surface area contributed by atoms with Crippen molar-refractivity contribution in [1.29, 1.82) is 0 Å². The molecule has 0 aliphatic heterocycles. The molecule has 9 heteroatoms. The van der Waals surface area contributed by atoms with Crippen LogP contribution in [0.5, 0.6) is 0 Å². The van der Waals surface area contributed by atoms with Crippen LogP contribution in [0.1, 0.15) is 18.9 Å². The van der Waals surface area contributed by atoms with Crippen LogP contribution in [-0.4, -0.2) is 31.4 Å². The van der Waals surface area contributed by atoms with Gasteiger partial charge in [-0.15, -0.1) is 11.3 Å². The molecule has 134 valence electrons. The van der Waals surface area contributed by atoms with Crippen molar-refractivity contribution >= 4 is 38.9 Å². The lowest BCUT2D eigenvalue weighted by molar-refractivity contribution is -0.137. The molecular weight excluding hydrogens is 364 g/mol. The van der Waals surface area contributed by atoms with Crippen molar-refractivity contribution in [3.8, 4) is 0 Å². The molecule has 2 aromatic rings. The van der Waals surface area contributed by atoms with E-state index in [9.17, 15) is 18.0 Å². The first kappa shape index (κ1) is 18.9. The van der Waals surface area contributed by atoms with Crippen LogP contribution in [0.2, 0.25) is 0 Å². The van der Waals surface area contributed by atoms with E-state index in [1.165, 1.54) is 6.07 Å². The number of amides is 1. The van der Waals surface area contributed by atoms with E-state index >= 15 is 0 Å². The Morgan fingerprint density at radius 1 is 1.20 bits per heavy atom. The number of benzene rings is 1. The second-order valence-electron chi connectivity index (χ2n) is 5.48. The van der Waals surface area contributed by atoms with Crippen LogP contribution in [0, 0.1) is 0 Å². The Morgan fingerprint density at radius 3 is 2.44 bits per heavy atom. The van der Waals surface area contributed by atoms with E-state index in [0.717, 1.165) is 11.3 Å². The van der Waals surface area contributed by atoms with Gasteiger partial charge in [0, 0.05) is 11.7 Å². The highest BCUT2D eigenvalue weighted by Crippen LogP contribution is 2.20. The summed E-state index contributed by atoms with van der Waals surface area (Å²) in [6.07, 6.45) is -0.0584. The molecule has 1 aromatic heterocycles.